The summed E-state index contributed by atoms with van der Waals surface area (Å²) in [6.07, 6.45) is 0.728. The molecule has 1 N–H and O–H groups in total. The Morgan fingerprint density at radius 3 is 1.14 bits per heavy atom. The molecule has 0 aliphatic rings. The van der Waals surface area contributed by atoms with Crippen molar-refractivity contribution < 1.29 is 75.7 Å². The van der Waals surface area contributed by atoms with Gasteiger partial charge in [-0.2, -0.15) is 13.6 Å². The standard InChI is InChI=1S/C10H28O10P2S.C5H14O3P.H2O4S/c1-9-21(13-3,14-4,15-5)19-20-23(11,12)22(10-2,16-6,17-7)18-8;1-5-9(6-2,7-3)8-4;1-5(2,3)4/h9-10H2,1-8H3;5H2,1-4H3;(H2,1,2,3,4)/q;+1;/p-1. The van der Waals surface area contributed by atoms with Crippen molar-refractivity contribution in [2.75, 3.05) is 82.5 Å². The minimum absolute atomic E-state index is 0.0691. The zero-order valence-corrected chi connectivity index (χ0v) is 27.6. The van der Waals surface area contributed by atoms with Crippen molar-refractivity contribution in [2.45, 2.75) is 20.8 Å². The average Bonchev–Trinajstić information content (AvgIpc) is 2.89. The molecule has 17 nitrogen and oxygen atoms in total. The van der Waals surface area contributed by atoms with E-state index < -0.39 is 42.1 Å². The molecule has 0 fully saturated rings. The normalized spacial score (nSPS) is 15.2. The Labute approximate surface area is 221 Å². The maximum absolute atomic E-state index is 12.7. The molecular weight excluding hydrogens is 609 g/mol. The molecule has 0 atom stereocenters. The summed E-state index contributed by atoms with van der Waals surface area (Å²) in [5.41, 5.74) is 0. The summed E-state index contributed by atoms with van der Waals surface area (Å²) in [5, 5.41) is 0. The Morgan fingerprint density at radius 1 is 0.676 bits per heavy atom. The van der Waals surface area contributed by atoms with Crippen LogP contribution in [0.15, 0.2) is 0 Å². The van der Waals surface area contributed by atoms with Gasteiger partial charge in [0.15, 0.2) is 0 Å². The number of hydrogen-bond acceptors (Lipinski definition) is 16. The van der Waals surface area contributed by atoms with E-state index in [1.165, 1.54) is 28.3 Å². The molecule has 22 heteroatoms. The van der Waals surface area contributed by atoms with Gasteiger partial charge in [0.1, 0.15) is 6.16 Å². The van der Waals surface area contributed by atoms with Gasteiger partial charge in [-0.25, -0.2) is 8.42 Å². The average molecular weight is 653 g/mol. The van der Waals surface area contributed by atoms with E-state index in [2.05, 4.69) is 0 Å². The van der Waals surface area contributed by atoms with Crippen LogP contribution in [0.2, 0.25) is 0 Å². The summed E-state index contributed by atoms with van der Waals surface area (Å²) in [4.78, 5) is 0. The zero-order valence-electron chi connectivity index (χ0n) is 23.3. The molecule has 0 aliphatic carbocycles. The molecule has 0 aromatic rings. The molecule has 0 rings (SSSR count). The Balaban J connectivity index is -0.000000674. The fourth-order valence-electron chi connectivity index (χ4n) is 2.56. The summed E-state index contributed by atoms with van der Waals surface area (Å²) in [6.45, 7) is 0.472. The third-order valence-electron chi connectivity index (χ3n) is 5.06. The van der Waals surface area contributed by atoms with Crippen LogP contribution in [0.5, 0.6) is 0 Å². The molecule has 0 spiro atoms. The first-order valence-corrected chi connectivity index (χ1v) is 19.5. The molecule has 0 saturated heterocycles. The number of hydrogen-bond donors (Lipinski definition) is 1. The molecule has 0 aromatic carbocycles. The van der Waals surface area contributed by atoms with Gasteiger partial charge in [0, 0.05) is 0 Å². The van der Waals surface area contributed by atoms with Crippen molar-refractivity contribution in [3.8, 4) is 0 Å². The van der Waals surface area contributed by atoms with Crippen LogP contribution in [0.3, 0.4) is 0 Å². The molecule has 37 heavy (non-hydrogen) atoms. The van der Waals surface area contributed by atoms with Gasteiger partial charge in [-0.3, -0.25) is 4.55 Å². The van der Waals surface area contributed by atoms with E-state index in [-0.39, 0.29) is 12.3 Å². The van der Waals surface area contributed by atoms with Gasteiger partial charge < -0.3 is 4.55 Å². The second-order valence-electron chi connectivity index (χ2n) is 6.13. The molecule has 232 valence electrons. The van der Waals surface area contributed by atoms with Crippen LogP contribution >= 0.6 is 21.9 Å². The predicted molar refractivity (Wildman–Crippen MR) is 139 cm³/mol. The van der Waals surface area contributed by atoms with E-state index in [4.69, 9.17) is 67.2 Å². The van der Waals surface area contributed by atoms with Gasteiger partial charge in [0.2, 0.25) is 10.4 Å². The first kappa shape index (κ1) is 42.1. The maximum Gasteiger partial charge on any atom is 0.410 e. The zero-order chi connectivity index (χ0) is 30.3. The van der Waals surface area contributed by atoms with Gasteiger partial charge in [-0.1, -0.05) is 0 Å². The van der Waals surface area contributed by atoms with Gasteiger partial charge in [0.25, 0.3) is 0 Å². The predicted octanol–water partition coefficient (Wildman–Crippen LogP) is 3.32. The van der Waals surface area contributed by atoms with Gasteiger partial charge in [-0.05, 0) is 6.92 Å². The van der Waals surface area contributed by atoms with Crippen molar-refractivity contribution in [2.24, 2.45) is 0 Å². The quantitative estimate of drug-likeness (QED) is 0.0832. The fourth-order valence-corrected chi connectivity index (χ4v) is 11.5. The van der Waals surface area contributed by atoms with Crippen LogP contribution in [0.25, 0.3) is 0 Å². The van der Waals surface area contributed by atoms with E-state index in [9.17, 15) is 8.42 Å². The molecule has 0 heterocycles. The molecule has 0 bridgehead atoms. The van der Waals surface area contributed by atoms with E-state index >= 15 is 0 Å². The molecule has 0 amide bonds. The van der Waals surface area contributed by atoms with Crippen molar-refractivity contribution in [1.82, 2.24) is 0 Å². The van der Waals surface area contributed by atoms with Crippen LogP contribution in [0.4, 0.5) is 0 Å². The topological polar surface area (TPSA) is 213 Å². The second kappa shape index (κ2) is 16.8. The Kier molecular flexibility index (Phi) is 19.2. The molecule has 0 radical (unpaired) electrons. The van der Waals surface area contributed by atoms with Crippen molar-refractivity contribution >= 4 is 42.1 Å². The Morgan fingerprint density at radius 2 is 1.00 bits per heavy atom. The summed E-state index contributed by atoms with van der Waals surface area (Å²) < 4.78 is 114. The molecule has 0 aliphatic heterocycles. The first-order valence-electron chi connectivity index (χ1n) is 10.1. The molecule has 0 aromatic heterocycles. The monoisotopic (exact) mass is 652 g/mol. The summed E-state index contributed by atoms with van der Waals surface area (Å²) in [5.74, 6) is 0. The SMILES string of the molecule is CCP(OC)(OC)(OC)OOS(=O)(=O)P(CC)(OC)(OC)OC.CC[P+](OC)(OC)OC.O=S(=O)([O-])O. The third-order valence-corrected chi connectivity index (χ3v) is 20.3. The largest absolute Gasteiger partial charge is 0.726 e. The fraction of sp³-hybridized carbons (Fsp3) is 1.00. The summed E-state index contributed by atoms with van der Waals surface area (Å²) >= 11 is 0. The second-order valence-corrected chi connectivity index (χ2v) is 21.8. The van der Waals surface area contributed by atoms with E-state index in [0.29, 0.717) is 0 Å². The van der Waals surface area contributed by atoms with Gasteiger partial charge in [0.05, 0.1) is 21.3 Å². The maximum atomic E-state index is 12.7. The van der Waals surface area contributed by atoms with Crippen LogP contribution in [-0.4, -0.2) is 108 Å². The first-order chi connectivity index (χ1) is 16.8. The Bertz CT molecular complexity index is 769. The summed E-state index contributed by atoms with van der Waals surface area (Å²) in [7, 11) is -3.68. The van der Waals surface area contributed by atoms with Crippen LogP contribution in [0.1, 0.15) is 20.8 Å². The smallest absolute Gasteiger partial charge is 0.410 e. The Hall–Kier alpha value is 0.670. The van der Waals surface area contributed by atoms with Gasteiger partial charge >= 0.3 is 145 Å². The van der Waals surface area contributed by atoms with Crippen molar-refractivity contribution in [3.63, 3.8) is 0 Å². The third kappa shape index (κ3) is 10.5. The molecule has 0 unspecified atom stereocenters. The van der Waals surface area contributed by atoms with Crippen LogP contribution in [0, 0.1) is 0 Å². The van der Waals surface area contributed by atoms with E-state index in [1.807, 2.05) is 6.92 Å². The van der Waals surface area contributed by atoms with Crippen LogP contribution < -0.4 is 0 Å². The molecular formula is C15H43O17P3S2. The van der Waals surface area contributed by atoms with E-state index in [1.54, 1.807) is 28.3 Å². The minimum Gasteiger partial charge on any atom is -0.726 e. The van der Waals surface area contributed by atoms with Crippen molar-refractivity contribution in [1.29, 1.82) is 0 Å². The van der Waals surface area contributed by atoms with E-state index in [0.717, 1.165) is 27.5 Å². The van der Waals surface area contributed by atoms with Crippen LogP contribution in [-0.2, 0) is 69.9 Å². The van der Waals surface area contributed by atoms with Crippen molar-refractivity contribution in [3.05, 3.63) is 0 Å². The molecule has 0 saturated carbocycles. The number of rotatable bonds is 16. The van der Waals surface area contributed by atoms with Gasteiger partial charge in [-0.15, -0.1) is 0 Å². The minimum atomic E-state index is -4.92. The summed E-state index contributed by atoms with van der Waals surface area (Å²) in [6, 6.07) is 0.